The zero-order valence-electron chi connectivity index (χ0n) is 45.9. The molecule has 6 aromatic rings. The molecule has 2 aliphatic rings. The van der Waals surface area contributed by atoms with Crippen LogP contribution in [-0.2, 0) is 30.2 Å². The molecule has 1 amide bonds. The van der Waals surface area contributed by atoms with E-state index in [-0.39, 0.29) is 24.7 Å². The van der Waals surface area contributed by atoms with E-state index in [2.05, 4.69) is 29.8 Å². The second-order valence-corrected chi connectivity index (χ2v) is 22.2. The van der Waals surface area contributed by atoms with Crippen molar-refractivity contribution < 1.29 is 47.6 Å². The van der Waals surface area contributed by atoms with Gasteiger partial charge in [0.15, 0.2) is 0 Å². The van der Waals surface area contributed by atoms with E-state index in [0.29, 0.717) is 49.8 Å². The van der Waals surface area contributed by atoms with Crippen LogP contribution in [0.1, 0.15) is 96.1 Å². The predicted molar refractivity (Wildman–Crippen MR) is 300 cm³/mol. The summed E-state index contributed by atoms with van der Waals surface area (Å²) in [7, 11) is 0. The zero-order chi connectivity index (χ0) is 55.4. The Labute approximate surface area is 452 Å². The Morgan fingerprint density at radius 2 is 0.948 bits per heavy atom. The van der Waals surface area contributed by atoms with Gasteiger partial charge < -0.3 is 54.2 Å². The first-order valence-corrected chi connectivity index (χ1v) is 25.3. The zero-order valence-corrected chi connectivity index (χ0v) is 45.9. The highest BCUT2D eigenvalue weighted by molar-refractivity contribution is 5.86. The van der Waals surface area contributed by atoms with Crippen LogP contribution in [0.3, 0.4) is 0 Å². The van der Waals surface area contributed by atoms with Crippen molar-refractivity contribution in [1.29, 1.82) is 0 Å². The summed E-state index contributed by atoms with van der Waals surface area (Å²) in [6.45, 7) is 27.7. The highest BCUT2D eigenvalue weighted by Crippen LogP contribution is 2.29. The first-order valence-electron chi connectivity index (χ1n) is 25.3. The predicted octanol–water partition coefficient (Wildman–Crippen LogP) is 11.6. The van der Waals surface area contributed by atoms with Gasteiger partial charge in [-0.3, -0.25) is 14.8 Å². The second kappa shape index (κ2) is 25.8. The van der Waals surface area contributed by atoms with Crippen LogP contribution < -0.4 is 30.3 Å². The molecule has 0 atom stereocenters. The molecular formula is C58H77N9O10. The van der Waals surface area contributed by atoms with Crippen molar-refractivity contribution in [3.63, 3.8) is 0 Å². The van der Waals surface area contributed by atoms with Crippen molar-refractivity contribution in [3.8, 4) is 23.0 Å². The SMILES string of the molecule is C.CC(C)(C)OC(=O)N1CCN(c2cnc3ccc(Oc4ccc(CC(=O)C(C)(C)C)cc4)cc3n2)CC1.CC(C)(C)OC(=O)OC(=O)OC(C)(C)C.Nc1ccc(Oc2ccc3ncc(N4CCNCC4)nc3c2)cc1. The molecule has 19 nitrogen and oxygen atoms in total. The lowest BCUT2D eigenvalue weighted by molar-refractivity contribution is -0.125. The van der Waals surface area contributed by atoms with Crippen LogP contribution in [0.4, 0.5) is 31.7 Å². The number of Topliss-reactive ketones (excluding diaryl/α,β-unsaturated/α-hetero) is 1. The van der Waals surface area contributed by atoms with Gasteiger partial charge in [-0.05, 0) is 129 Å². The van der Waals surface area contributed by atoms with Gasteiger partial charge in [-0.25, -0.2) is 24.4 Å². The van der Waals surface area contributed by atoms with E-state index in [4.69, 9.17) is 39.4 Å². The third-order valence-corrected chi connectivity index (χ3v) is 11.1. The van der Waals surface area contributed by atoms with Gasteiger partial charge in [-0.15, -0.1) is 0 Å². The van der Waals surface area contributed by atoms with Gasteiger partial charge in [-0.1, -0.05) is 40.3 Å². The number of ketones is 1. The summed E-state index contributed by atoms with van der Waals surface area (Å²) in [6, 6.07) is 26.3. The molecule has 0 radical (unpaired) electrons. The van der Waals surface area contributed by atoms with Gasteiger partial charge in [0.2, 0.25) is 0 Å². The average Bonchev–Trinajstić information content (AvgIpc) is 3.34. The van der Waals surface area contributed by atoms with Crippen LogP contribution in [-0.4, -0.2) is 118 Å². The highest BCUT2D eigenvalue weighted by Gasteiger charge is 2.28. The van der Waals surface area contributed by atoms with E-state index < -0.39 is 29.1 Å². The fourth-order valence-corrected chi connectivity index (χ4v) is 7.28. The van der Waals surface area contributed by atoms with Crippen LogP contribution in [0, 0.1) is 5.41 Å². The Hall–Kier alpha value is -7.80. The van der Waals surface area contributed by atoms with Gasteiger partial charge in [0, 0.05) is 82.0 Å². The standard InChI is InChI=1S/C29H36N4O4.C18H19N5O.C10H18O5.CH4/c1-28(2,3)25(34)17-20-7-9-21(10-8-20)36-22-11-12-23-24(18-22)31-26(19-30-23)32-13-15-33(16-14-32)27(35)37-29(4,5)6;19-13-1-3-14(4-2-13)24-15-5-6-16-17(11-15)22-18(12-21-16)23-9-7-20-8-10-23;1-9(2,3)14-7(11)13-8(12)15-10(4,5)6;/h7-12,18-19H,13-17H2,1-6H3;1-6,11-12,20H,7-10,19H2;1-6H3;1H4. The van der Waals surface area contributed by atoms with Crippen molar-refractivity contribution in [2.45, 2.75) is 114 Å². The first kappa shape index (κ1) is 60.1. The fourth-order valence-electron chi connectivity index (χ4n) is 7.28. The quantitative estimate of drug-likeness (QED) is 0.0626. The van der Waals surface area contributed by atoms with Gasteiger partial charge in [0.1, 0.15) is 57.2 Å². The maximum Gasteiger partial charge on any atom is 0.519 e. The minimum absolute atomic E-state index is 0. The summed E-state index contributed by atoms with van der Waals surface area (Å²) in [5.41, 5.74) is 8.33. The maximum absolute atomic E-state index is 12.4. The van der Waals surface area contributed by atoms with Gasteiger partial charge >= 0.3 is 18.4 Å². The third-order valence-electron chi connectivity index (χ3n) is 11.1. The fraction of sp³-hybridized carbons (Fsp3) is 0.448. The Morgan fingerprint density at radius 1 is 0.532 bits per heavy atom. The largest absolute Gasteiger partial charge is 0.519 e. The number of nitrogen functional groups attached to an aromatic ring is 1. The molecule has 2 fully saturated rings. The van der Waals surface area contributed by atoms with Gasteiger partial charge in [0.25, 0.3) is 0 Å². The molecule has 414 valence electrons. The summed E-state index contributed by atoms with van der Waals surface area (Å²) in [6.07, 6.45) is 1.61. The smallest absolute Gasteiger partial charge is 0.457 e. The number of rotatable bonds is 8. The Morgan fingerprint density at radius 3 is 1.38 bits per heavy atom. The number of carbonyl (C=O) groups excluding carboxylic acids is 4. The van der Waals surface area contributed by atoms with E-state index in [0.717, 1.165) is 76.9 Å². The van der Waals surface area contributed by atoms with E-state index in [1.165, 1.54) is 0 Å². The first-order chi connectivity index (χ1) is 35.6. The number of ether oxygens (including phenoxy) is 6. The topological polar surface area (TPSA) is 223 Å². The number of piperazine rings is 2. The summed E-state index contributed by atoms with van der Waals surface area (Å²) in [5.74, 6) is 4.71. The minimum atomic E-state index is -1.06. The minimum Gasteiger partial charge on any atom is -0.457 e. The third kappa shape index (κ3) is 19.7. The number of aromatic nitrogens is 4. The molecule has 0 aliphatic carbocycles. The Balaban J connectivity index is 0.000000234. The lowest BCUT2D eigenvalue weighted by Gasteiger charge is -2.36. The molecule has 2 aliphatic heterocycles. The van der Waals surface area contributed by atoms with Crippen LogP contribution in [0.5, 0.6) is 23.0 Å². The number of amides is 1. The van der Waals surface area contributed by atoms with Gasteiger partial charge in [-0.2, -0.15) is 0 Å². The second-order valence-electron chi connectivity index (χ2n) is 22.2. The van der Waals surface area contributed by atoms with E-state index in [1.807, 2.05) is 133 Å². The van der Waals surface area contributed by atoms with Crippen molar-refractivity contribution in [2.24, 2.45) is 5.41 Å². The molecule has 4 heterocycles. The number of nitrogens with zero attached hydrogens (tertiary/aromatic N) is 7. The molecule has 2 saturated heterocycles. The molecule has 8 rings (SSSR count). The number of hydrogen-bond donors (Lipinski definition) is 2. The Kier molecular flexibility index (Phi) is 20.1. The molecule has 77 heavy (non-hydrogen) atoms. The normalized spacial score (nSPS) is 13.9. The molecule has 2 aromatic heterocycles. The summed E-state index contributed by atoms with van der Waals surface area (Å²) in [5, 5.41) is 3.34. The van der Waals surface area contributed by atoms with E-state index >= 15 is 0 Å². The van der Waals surface area contributed by atoms with Crippen LogP contribution in [0.25, 0.3) is 22.1 Å². The van der Waals surface area contributed by atoms with Crippen molar-refractivity contribution in [1.82, 2.24) is 30.2 Å². The Bertz CT molecular complexity index is 2900. The molecule has 19 heteroatoms. The lowest BCUT2D eigenvalue weighted by atomic mass is 9.87. The number of carbonyl (C=O) groups is 4. The molecule has 3 N–H and O–H groups in total. The number of anilines is 3. The van der Waals surface area contributed by atoms with Crippen molar-refractivity contribution in [3.05, 3.63) is 103 Å². The van der Waals surface area contributed by atoms with Crippen LogP contribution in [0.15, 0.2) is 97.3 Å². The molecule has 0 bridgehead atoms. The lowest BCUT2D eigenvalue weighted by Crippen LogP contribution is -2.50. The van der Waals surface area contributed by atoms with Crippen LogP contribution >= 0.6 is 0 Å². The number of benzene rings is 4. The van der Waals surface area contributed by atoms with Crippen LogP contribution in [0.2, 0.25) is 0 Å². The number of fused-ring (bicyclic) bond motifs is 2. The van der Waals surface area contributed by atoms with Crippen molar-refractivity contribution in [2.75, 3.05) is 67.9 Å². The number of hydrogen-bond acceptors (Lipinski definition) is 18. The molecular weight excluding hydrogens is 983 g/mol. The van der Waals surface area contributed by atoms with Gasteiger partial charge in [0.05, 0.1) is 34.5 Å². The van der Waals surface area contributed by atoms with Crippen molar-refractivity contribution >= 4 is 63.6 Å². The summed E-state index contributed by atoms with van der Waals surface area (Å²) >= 11 is 0. The monoisotopic (exact) mass is 1060 g/mol. The average molecular weight is 1060 g/mol. The highest BCUT2D eigenvalue weighted by atomic mass is 16.8. The summed E-state index contributed by atoms with van der Waals surface area (Å²) < 4.78 is 31.2. The van der Waals surface area contributed by atoms with E-state index in [9.17, 15) is 19.2 Å². The number of nitrogens with one attached hydrogen (secondary N) is 1. The molecule has 0 unspecified atom stereocenters. The molecule has 4 aromatic carbocycles. The maximum atomic E-state index is 12.4. The van der Waals surface area contributed by atoms with E-state index in [1.54, 1.807) is 52.6 Å². The summed E-state index contributed by atoms with van der Waals surface area (Å²) in [4.78, 5) is 71.4. The molecule has 0 saturated carbocycles. The molecule has 0 spiro atoms. The number of nitrogens with two attached hydrogens (primary N) is 1.